The molecule has 0 unspecified atom stereocenters. The first kappa shape index (κ1) is 23.8. The lowest BCUT2D eigenvalue weighted by Gasteiger charge is -2.11. The minimum atomic E-state index is -0.612. The van der Waals surface area contributed by atoms with Gasteiger partial charge in [-0.1, -0.05) is 35.6 Å². The monoisotopic (exact) mass is 493 g/mol. The first-order valence-corrected chi connectivity index (χ1v) is 11.2. The van der Waals surface area contributed by atoms with Gasteiger partial charge in [0.05, 0.1) is 7.11 Å². The zero-order chi connectivity index (χ0) is 24.6. The number of nitrogens with one attached hydrogen (secondary N) is 1. The first-order chi connectivity index (χ1) is 17.0. The molecule has 35 heavy (non-hydrogen) atoms. The maximum atomic E-state index is 13.1. The number of hydrogen-bond donors (Lipinski definition) is 1. The van der Waals surface area contributed by atoms with Gasteiger partial charge in [0.1, 0.15) is 36.1 Å². The van der Waals surface area contributed by atoms with E-state index in [1.54, 1.807) is 67.8 Å². The molecule has 0 aliphatic rings. The largest absolute Gasteiger partial charge is 0.497 e. The summed E-state index contributed by atoms with van der Waals surface area (Å²) in [5.41, 5.74) is 1.57. The summed E-state index contributed by atoms with van der Waals surface area (Å²) in [6, 6.07) is 19.4. The number of amides is 1. The fourth-order valence-electron chi connectivity index (χ4n) is 2.97. The van der Waals surface area contributed by atoms with Gasteiger partial charge in [0.2, 0.25) is 5.01 Å². The summed E-state index contributed by atoms with van der Waals surface area (Å²) in [5.74, 6) is -0.371. The van der Waals surface area contributed by atoms with Crippen LogP contribution >= 0.6 is 11.3 Å². The van der Waals surface area contributed by atoms with Crippen LogP contribution in [0.4, 0.5) is 10.1 Å². The van der Waals surface area contributed by atoms with Crippen LogP contribution in [0.25, 0.3) is 0 Å². The molecule has 0 fully saturated rings. The summed E-state index contributed by atoms with van der Waals surface area (Å²) in [4.78, 5) is 25.1. The van der Waals surface area contributed by atoms with Crippen molar-refractivity contribution in [1.29, 1.82) is 0 Å². The van der Waals surface area contributed by atoms with E-state index in [9.17, 15) is 14.0 Å². The molecule has 0 radical (unpaired) electrons. The SMILES string of the molecule is COc1ccc(NC(=O)c2nnc(COC(=O)c3ccccc3OCc3ccc(F)cc3)s2)cc1. The summed E-state index contributed by atoms with van der Waals surface area (Å²) in [5, 5.41) is 11.0. The molecule has 3 aromatic carbocycles. The number of carbonyl (C=O) groups excluding carboxylic acids is 2. The lowest BCUT2D eigenvalue weighted by Crippen LogP contribution is -2.11. The molecule has 0 saturated carbocycles. The zero-order valence-electron chi connectivity index (χ0n) is 18.6. The highest BCUT2D eigenvalue weighted by atomic mass is 32.1. The second-order valence-corrected chi connectivity index (χ2v) is 8.23. The minimum Gasteiger partial charge on any atom is -0.497 e. The van der Waals surface area contributed by atoms with E-state index in [1.807, 2.05) is 0 Å². The van der Waals surface area contributed by atoms with Crippen molar-refractivity contribution in [1.82, 2.24) is 10.2 Å². The Bertz CT molecular complexity index is 1310. The molecular formula is C25H20FN3O5S. The maximum absolute atomic E-state index is 13.1. The van der Waals surface area contributed by atoms with Crippen molar-refractivity contribution >= 4 is 28.9 Å². The van der Waals surface area contributed by atoms with E-state index in [1.165, 1.54) is 12.1 Å². The average Bonchev–Trinajstić information content (AvgIpc) is 3.37. The predicted octanol–water partition coefficient (Wildman–Crippen LogP) is 4.87. The molecule has 1 N–H and O–H groups in total. The number of halogens is 1. The zero-order valence-corrected chi connectivity index (χ0v) is 19.4. The molecule has 1 amide bonds. The number of hydrogen-bond acceptors (Lipinski definition) is 8. The summed E-state index contributed by atoms with van der Waals surface area (Å²) in [7, 11) is 1.56. The maximum Gasteiger partial charge on any atom is 0.342 e. The van der Waals surface area contributed by atoms with Crippen LogP contribution in [0.1, 0.15) is 30.7 Å². The Labute approximate surface area is 204 Å². The Morgan fingerprint density at radius 1 is 0.943 bits per heavy atom. The molecule has 0 atom stereocenters. The molecule has 1 heterocycles. The standard InChI is InChI=1S/C25H20FN3O5S/c1-32-19-12-10-18(11-13-19)27-23(30)24-29-28-22(35-24)15-34-25(31)20-4-2-3-5-21(20)33-14-16-6-8-17(26)9-7-16/h2-13H,14-15H2,1H3,(H,27,30). The number of carbonyl (C=O) groups is 2. The predicted molar refractivity (Wildman–Crippen MR) is 127 cm³/mol. The van der Waals surface area contributed by atoms with Crippen LogP contribution in [-0.2, 0) is 18.0 Å². The van der Waals surface area contributed by atoms with Crippen molar-refractivity contribution in [2.45, 2.75) is 13.2 Å². The van der Waals surface area contributed by atoms with Crippen molar-refractivity contribution in [2.24, 2.45) is 0 Å². The van der Waals surface area contributed by atoms with Gasteiger partial charge in [-0.2, -0.15) is 0 Å². The van der Waals surface area contributed by atoms with Crippen molar-refractivity contribution in [2.75, 3.05) is 12.4 Å². The smallest absolute Gasteiger partial charge is 0.342 e. The number of esters is 1. The lowest BCUT2D eigenvalue weighted by molar-refractivity contribution is 0.0466. The summed E-state index contributed by atoms with van der Waals surface area (Å²) < 4.78 is 29.3. The molecule has 10 heteroatoms. The molecular weight excluding hydrogens is 473 g/mol. The Morgan fingerprint density at radius 2 is 1.69 bits per heavy atom. The van der Waals surface area contributed by atoms with Crippen LogP contribution in [-0.4, -0.2) is 29.2 Å². The molecule has 8 nitrogen and oxygen atoms in total. The van der Waals surface area contributed by atoms with E-state index >= 15 is 0 Å². The van der Waals surface area contributed by atoms with Gasteiger partial charge < -0.3 is 19.5 Å². The third-order valence-electron chi connectivity index (χ3n) is 4.75. The topological polar surface area (TPSA) is 99.6 Å². The van der Waals surface area contributed by atoms with Gasteiger partial charge in [0, 0.05) is 5.69 Å². The van der Waals surface area contributed by atoms with E-state index in [-0.39, 0.29) is 29.6 Å². The number of para-hydroxylation sites is 1. The first-order valence-electron chi connectivity index (χ1n) is 10.4. The second kappa shape index (κ2) is 11.2. The molecule has 1 aromatic heterocycles. The molecule has 4 aromatic rings. The highest BCUT2D eigenvalue weighted by Crippen LogP contribution is 2.22. The molecule has 0 aliphatic heterocycles. The molecule has 0 saturated heterocycles. The highest BCUT2D eigenvalue weighted by Gasteiger charge is 2.17. The third-order valence-corrected chi connectivity index (χ3v) is 5.65. The number of benzene rings is 3. The van der Waals surface area contributed by atoms with Gasteiger partial charge in [-0.05, 0) is 54.1 Å². The molecule has 0 bridgehead atoms. The van der Waals surface area contributed by atoms with Gasteiger partial charge >= 0.3 is 5.97 Å². The van der Waals surface area contributed by atoms with E-state index < -0.39 is 11.9 Å². The van der Waals surface area contributed by atoms with E-state index in [0.29, 0.717) is 22.2 Å². The number of nitrogens with zero attached hydrogens (tertiary/aromatic N) is 2. The fourth-order valence-corrected chi connectivity index (χ4v) is 3.62. The number of ether oxygens (including phenoxy) is 3. The van der Waals surface area contributed by atoms with Gasteiger partial charge in [-0.15, -0.1) is 10.2 Å². The minimum absolute atomic E-state index is 0.134. The number of aromatic nitrogens is 2. The van der Waals surface area contributed by atoms with Crippen LogP contribution < -0.4 is 14.8 Å². The van der Waals surface area contributed by atoms with Crippen molar-refractivity contribution in [3.8, 4) is 11.5 Å². The fraction of sp³-hybridized carbons (Fsp3) is 0.120. The van der Waals surface area contributed by atoms with Crippen LogP contribution in [0, 0.1) is 5.82 Å². The van der Waals surface area contributed by atoms with Gasteiger partial charge in [0.15, 0.2) is 5.01 Å². The Kier molecular flexibility index (Phi) is 7.63. The molecule has 178 valence electrons. The number of rotatable bonds is 9. The van der Waals surface area contributed by atoms with E-state index in [4.69, 9.17) is 14.2 Å². The average molecular weight is 494 g/mol. The van der Waals surface area contributed by atoms with Gasteiger partial charge in [-0.3, -0.25) is 4.79 Å². The Morgan fingerprint density at radius 3 is 2.43 bits per heavy atom. The van der Waals surface area contributed by atoms with E-state index in [2.05, 4.69) is 15.5 Å². The van der Waals surface area contributed by atoms with Gasteiger partial charge in [0.25, 0.3) is 5.91 Å². The van der Waals surface area contributed by atoms with Crippen molar-refractivity contribution in [3.05, 3.63) is 99.8 Å². The van der Waals surface area contributed by atoms with E-state index in [0.717, 1.165) is 16.9 Å². The third kappa shape index (κ3) is 6.39. The molecule has 0 aliphatic carbocycles. The Hall–Kier alpha value is -4.31. The lowest BCUT2D eigenvalue weighted by atomic mass is 10.2. The number of anilines is 1. The quantitative estimate of drug-likeness (QED) is 0.332. The van der Waals surface area contributed by atoms with Crippen LogP contribution in [0.5, 0.6) is 11.5 Å². The summed E-state index contributed by atoms with van der Waals surface area (Å²) >= 11 is 1.02. The normalized spacial score (nSPS) is 10.5. The summed E-state index contributed by atoms with van der Waals surface area (Å²) in [6.45, 7) is 0.00620. The second-order valence-electron chi connectivity index (χ2n) is 7.17. The van der Waals surface area contributed by atoms with Gasteiger partial charge in [-0.25, -0.2) is 9.18 Å². The number of methoxy groups -OCH3 is 1. The van der Waals surface area contributed by atoms with Crippen LogP contribution in [0.15, 0.2) is 72.8 Å². The van der Waals surface area contributed by atoms with Crippen molar-refractivity contribution in [3.63, 3.8) is 0 Å². The highest BCUT2D eigenvalue weighted by molar-refractivity contribution is 7.13. The Balaban J connectivity index is 1.33. The molecule has 0 spiro atoms. The van der Waals surface area contributed by atoms with Crippen LogP contribution in [0.3, 0.4) is 0 Å². The van der Waals surface area contributed by atoms with Crippen molar-refractivity contribution < 1.29 is 28.2 Å². The summed E-state index contributed by atoms with van der Waals surface area (Å²) in [6.07, 6.45) is 0. The molecule has 4 rings (SSSR count). The van der Waals surface area contributed by atoms with Crippen LogP contribution in [0.2, 0.25) is 0 Å².